The Morgan fingerprint density at radius 3 is 2.21 bits per heavy atom. The van der Waals surface area contributed by atoms with Crippen LogP contribution in [0.3, 0.4) is 0 Å². The van der Waals surface area contributed by atoms with E-state index in [0.717, 1.165) is 0 Å². The predicted octanol–water partition coefficient (Wildman–Crippen LogP) is 4.52. The first-order valence-electron chi connectivity index (χ1n) is 7.19. The molecular formula is C15H6ClF7N4O. The molecular weight excluding hydrogens is 421 g/mol. The first-order chi connectivity index (χ1) is 12.9. The molecule has 0 saturated heterocycles. The third-order valence-electron chi connectivity index (χ3n) is 3.52. The van der Waals surface area contributed by atoms with Crippen molar-refractivity contribution < 1.29 is 35.5 Å². The van der Waals surface area contributed by atoms with E-state index in [4.69, 9.17) is 11.6 Å². The number of alkyl halides is 3. The van der Waals surface area contributed by atoms with Crippen LogP contribution in [0, 0.1) is 30.2 Å². The second-order valence-corrected chi connectivity index (χ2v) is 5.85. The zero-order chi connectivity index (χ0) is 21.0. The smallest absolute Gasteiger partial charge is 0.315 e. The van der Waals surface area contributed by atoms with Crippen molar-refractivity contribution in [3.63, 3.8) is 0 Å². The fourth-order valence-corrected chi connectivity index (χ4v) is 2.56. The maximum absolute atomic E-state index is 13.7. The van der Waals surface area contributed by atoms with Crippen molar-refractivity contribution in [3.05, 3.63) is 57.5 Å². The zero-order valence-corrected chi connectivity index (χ0v) is 14.2. The van der Waals surface area contributed by atoms with E-state index in [0.29, 0.717) is 6.07 Å². The molecule has 1 N–H and O–H groups in total. The standard InChI is InChI=1S/C15H6ClF7N4O/c1-4-2-7(15(21,22)23)27-13(24-4)8(16)11(26-27)14(28)25-12-9(19)5(17)3-6(18)10(12)20/h2-3H,1H3,(H,25,28). The number of carbonyl (C=O) groups excluding carboxylic acids is 1. The summed E-state index contributed by atoms with van der Waals surface area (Å²) in [5.74, 6) is -8.95. The van der Waals surface area contributed by atoms with E-state index in [2.05, 4.69) is 10.1 Å². The van der Waals surface area contributed by atoms with Crippen molar-refractivity contribution in [2.24, 2.45) is 0 Å². The van der Waals surface area contributed by atoms with Crippen LogP contribution in [-0.4, -0.2) is 20.5 Å². The van der Waals surface area contributed by atoms with E-state index in [1.807, 2.05) is 0 Å². The molecule has 3 rings (SSSR count). The van der Waals surface area contributed by atoms with Gasteiger partial charge in [-0.05, 0) is 13.0 Å². The van der Waals surface area contributed by atoms with Crippen LogP contribution in [0.4, 0.5) is 36.4 Å². The van der Waals surface area contributed by atoms with E-state index >= 15 is 0 Å². The Morgan fingerprint density at radius 1 is 1.11 bits per heavy atom. The van der Waals surface area contributed by atoms with E-state index < -0.39 is 63.1 Å². The SMILES string of the molecule is Cc1cc(C(F)(F)F)n2nc(C(=O)Nc3c(F)c(F)cc(F)c3F)c(Cl)c2n1. The molecule has 148 valence electrons. The Balaban J connectivity index is 2.13. The van der Waals surface area contributed by atoms with Crippen LogP contribution >= 0.6 is 11.6 Å². The number of nitrogens with one attached hydrogen (secondary N) is 1. The van der Waals surface area contributed by atoms with Crippen LogP contribution in [0.2, 0.25) is 5.02 Å². The molecule has 0 radical (unpaired) electrons. The molecule has 2 aromatic heterocycles. The van der Waals surface area contributed by atoms with E-state index in [1.54, 1.807) is 0 Å². The molecule has 0 bridgehead atoms. The van der Waals surface area contributed by atoms with Crippen molar-refractivity contribution in [2.45, 2.75) is 13.1 Å². The number of aromatic nitrogens is 3. The van der Waals surface area contributed by atoms with Gasteiger partial charge in [0.15, 0.2) is 34.6 Å². The Kier molecular flexibility index (Phi) is 4.69. The molecule has 13 heteroatoms. The largest absolute Gasteiger partial charge is 0.433 e. The van der Waals surface area contributed by atoms with Crippen LogP contribution in [-0.2, 0) is 6.18 Å². The highest BCUT2D eigenvalue weighted by Gasteiger charge is 2.36. The topological polar surface area (TPSA) is 59.3 Å². The summed E-state index contributed by atoms with van der Waals surface area (Å²) in [6, 6.07) is 0.555. The normalized spacial score (nSPS) is 11.9. The summed E-state index contributed by atoms with van der Waals surface area (Å²) in [4.78, 5) is 16.0. The minimum atomic E-state index is -4.89. The molecule has 1 amide bonds. The molecule has 0 saturated carbocycles. The summed E-state index contributed by atoms with van der Waals surface area (Å²) >= 11 is 5.84. The number of nitrogens with zero attached hydrogens (tertiary/aromatic N) is 3. The van der Waals surface area contributed by atoms with Gasteiger partial charge in [0.1, 0.15) is 16.4 Å². The van der Waals surface area contributed by atoms with Gasteiger partial charge in [0.25, 0.3) is 5.91 Å². The maximum Gasteiger partial charge on any atom is 0.433 e. The summed E-state index contributed by atoms with van der Waals surface area (Å²) in [6.07, 6.45) is -4.89. The number of halogens is 8. The third-order valence-corrected chi connectivity index (χ3v) is 3.86. The van der Waals surface area contributed by atoms with E-state index in [1.165, 1.54) is 12.2 Å². The predicted molar refractivity (Wildman–Crippen MR) is 82.0 cm³/mol. The summed E-state index contributed by atoms with van der Waals surface area (Å²) in [7, 11) is 0. The van der Waals surface area contributed by atoms with E-state index in [-0.39, 0.29) is 16.3 Å². The summed E-state index contributed by atoms with van der Waals surface area (Å²) in [5.41, 5.74) is -4.35. The number of hydrogen-bond donors (Lipinski definition) is 1. The van der Waals surface area contributed by atoms with Crippen molar-refractivity contribution in [1.82, 2.24) is 14.6 Å². The molecule has 0 aliphatic carbocycles. The molecule has 0 aliphatic heterocycles. The number of aryl methyl sites for hydroxylation is 1. The van der Waals surface area contributed by atoms with Gasteiger partial charge in [0, 0.05) is 11.8 Å². The Bertz CT molecular complexity index is 1100. The number of fused-ring (bicyclic) bond motifs is 1. The van der Waals surface area contributed by atoms with Gasteiger partial charge >= 0.3 is 6.18 Å². The number of anilines is 1. The van der Waals surface area contributed by atoms with Crippen LogP contribution in [0.5, 0.6) is 0 Å². The highest BCUT2D eigenvalue weighted by atomic mass is 35.5. The summed E-state index contributed by atoms with van der Waals surface area (Å²) in [6.45, 7) is 1.23. The second-order valence-electron chi connectivity index (χ2n) is 5.48. The molecule has 5 nitrogen and oxygen atoms in total. The van der Waals surface area contributed by atoms with Gasteiger partial charge in [-0.2, -0.15) is 18.3 Å². The summed E-state index contributed by atoms with van der Waals surface area (Å²) < 4.78 is 93.6. The maximum atomic E-state index is 13.7. The van der Waals surface area contributed by atoms with Gasteiger partial charge in [0.05, 0.1) is 0 Å². The zero-order valence-electron chi connectivity index (χ0n) is 13.4. The molecule has 2 heterocycles. The van der Waals surface area contributed by atoms with Crippen molar-refractivity contribution >= 4 is 28.8 Å². The van der Waals surface area contributed by atoms with Gasteiger partial charge < -0.3 is 5.32 Å². The number of hydrogen-bond acceptors (Lipinski definition) is 3. The van der Waals surface area contributed by atoms with Gasteiger partial charge in [0.2, 0.25) is 0 Å². The lowest BCUT2D eigenvalue weighted by Gasteiger charge is -2.09. The lowest BCUT2D eigenvalue weighted by atomic mass is 10.2. The minimum Gasteiger partial charge on any atom is -0.315 e. The van der Waals surface area contributed by atoms with Crippen molar-refractivity contribution in [1.29, 1.82) is 0 Å². The summed E-state index contributed by atoms with van der Waals surface area (Å²) in [5, 5.41) is 4.23. The molecule has 0 aliphatic rings. The Labute approximate surface area is 155 Å². The molecule has 0 atom stereocenters. The monoisotopic (exact) mass is 426 g/mol. The fourth-order valence-electron chi connectivity index (χ4n) is 2.32. The molecule has 28 heavy (non-hydrogen) atoms. The van der Waals surface area contributed by atoms with Crippen molar-refractivity contribution in [2.75, 3.05) is 5.32 Å². The average molecular weight is 427 g/mol. The van der Waals surface area contributed by atoms with Crippen LogP contribution < -0.4 is 5.32 Å². The minimum absolute atomic E-state index is 0.0828. The molecule has 0 spiro atoms. The lowest BCUT2D eigenvalue weighted by Crippen LogP contribution is -2.18. The van der Waals surface area contributed by atoms with E-state index in [9.17, 15) is 35.5 Å². The third kappa shape index (κ3) is 3.23. The number of amides is 1. The van der Waals surface area contributed by atoms with Crippen LogP contribution in [0.15, 0.2) is 12.1 Å². The number of carbonyl (C=O) groups is 1. The molecule has 1 aromatic carbocycles. The average Bonchev–Trinajstić information content (AvgIpc) is 2.92. The molecule has 0 fully saturated rings. The Hall–Kier alpha value is -2.89. The van der Waals surface area contributed by atoms with Gasteiger partial charge in [-0.15, -0.1) is 0 Å². The van der Waals surface area contributed by atoms with Gasteiger partial charge in [-0.1, -0.05) is 11.6 Å². The van der Waals surface area contributed by atoms with Gasteiger partial charge in [-0.25, -0.2) is 27.1 Å². The van der Waals surface area contributed by atoms with Gasteiger partial charge in [-0.3, -0.25) is 4.79 Å². The van der Waals surface area contributed by atoms with Crippen LogP contribution in [0.1, 0.15) is 21.9 Å². The fraction of sp³-hybridized carbons (Fsp3) is 0.133. The quantitative estimate of drug-likeness (QED) is 0.484. The Morgan fingerprint density at radius 2 is 1.68 bits per heavy atom. The molecule has 3 aromatic rings. The second kappa shape index (κ2) is 6.62. The van der Waals surface area contributed by atoms with Crippen molar-refractivity contribution in [3.8, 4) is 0 Å². The highest BCUT2D eigenvalue weighted by Crippen LogP contribution is 2.33. The van der Waals surface area contributed by atoms with Crippen LogP contribution in [0.25, 0.3) is 5.65 Å². The number of rotatable bonds is 2. The highest BCUT2D eigenvalue weighted by molar-refractivity contribution is 6.37. The number of benzene rings is 1. The lowest BCUT2D eigenvalue weighted by molar-refractivity contribution is -0.142. The first kappa shape index (κ1) is 19.9. The first-order valence-corrected chi connectivity index (χ1v) is 7.57. The molecule has 0 unspecified atom stereocenters.